The third-order valence-corrected chi connectivity index (χ3v) is 2.16. The number of imidazole rings is 1. The lowest BCUT2D eigenvalue weighted by Crippen LogP contribution is -2.21. The lowest BCUT2D eigenvalue weighted by atomic mass is 10.3. The summed E-state index contributed by atoms with van der Waals surface area (Å²) in [5.41, 5.74) is 0. The normalized spacial score (nSPS) is 10.6. The van der Waals surface area contributed by atoms with Crippen molar-refractivity contribution in [3.05, 3.63) is 18.2 Å². The molecule has 0 aromatic carbocycles. The molecule has 1 N–H and O–H groups in total. The molecule has 1 rings (SSSR count). The molecule has 1 aromatic rings. The molecule has 74 valence electrons. The number of hydrogen-bond donors (Lipinski definition) is 1. The molecule has 0 saturated carbocycles. The van der Waals surface area contributed by atoms with Crippen molar-refractivity contribution in [3.8, 4) is 0 Å². The van der Waals surface area contributed by atoms with Gasteiger partial charge in [0, 0.05) is 25.5 Å². The first-order valence-electron chi connectivity index (χ1n) is 5.03. The highest BCUT2D eigenvalue weighted by molar-refractivity contribution is 4.88. The third-order valence-electron chi connectivity index (χ3n) is 2.16. The van der Waals surface area contributed by atoms with E-state index >= 15 is 0 Å². The standard InChI is InChI=1S/C10H19N3/c1-3-4-5-11-6-8-13-9-7-12-10(13)2/h7,9,11H,3-6,8H2,1-2H3. The fourth-order valence-corrected chi connectivity index (χ4v) is 1.27. The van der Waals surface area contributed by atoms with Gasteiger partial charge >= 0.3 is 0 Å². The Morgan fingerprint density at radius 3 is 2.92 bits per heavy atom. The van der Waals surface area contributed by atoms with E-state index in [9.17, 15) is 0 Å². The molecule has 0 spiro atoms. The summed E-state index contributed by atoms with van der Waals surface area (Å²) in [6, 6.07) is 0. The molecule has 1 heterocycles. The van der Waals surface area contributed by atoms with Crippen molar-refractivity contribution >= 4 is 0 Å². The third kappa shape index (κ3) is 3.59. The van der Waals surface area contributed by atoms with Gasteiger partial charge in [0.15, 0.2) is 0 Å². The molecule has 3 nitrogen and oxygen atoms in total. The van der Waals surface area contributed by atoms with E-state index in [2.05, 4.69) is 21.8 Å². The van der Waals surface area contributed by atoms with Gasteiger partial charge in [-0.3, -0.25) is 0 Å². The number of nitrogens with zero attached hydrogens (tertiary/aromatic N) is 2. The maximum atomic E-state index is 4.17. The van der Waals surface area contributed by atoms with E-state index in [1.807, 2.05) is 19.3 Å². The molecule has 0 radical (unpaired) electrons. The fourth-order valence-electron chi connectivity index (χ4n) is 1.27. The van der Waals surface area contributed by atoms with Crippen LogP contribution in [0.25, 0.3) is 0 Å². The van der Waals surface area contributed by atoms with Crippen LogP contribution in [0.3, 0.4) is 0 Å². The zero-order valence-electron chi connectivity index (χ0n) is 8.58. The second-order valence-electron chi connectivity index (χ2n) is 3.27. The van der Waals surface area contributed by atoms with Crippen LogP contribution in [0.5, 0.6) is 0 Å². The number of hydrogen-bond acceptors (Lipinski definition) is 2. The summed E-state index contributed by atoms with van der Waals surface area (Å²) in [6.07, 6.45) is 6.40. The molecule has 0 fully saturated rings. The van der Waals surface area contributed by atoms with Gasteiger partial charge in [-0.1, -0.05) is 13.3 Å². The van der Waals surface area contributed by atoms with Gasteiger partial charge in [0.2, 0.25) is 0 Å². The van der Waals surface area contributed by atoms with Crippen LogP contribution < -0.4 is 5.32 Å². The van der Waals surface area contributed by atoms with Gasteiger partial charge < -0.3 is 9.88 Å². The molecule has 0 bridgehead atoms. The lowest BCUT2D eigenvalue weighted by molar-refractivity contribution is 0.572. The summed E-state index contributed by atoms with van der Waals surface area (Å²) in [5, 5.41) is 3.40. The molecule has 0 amide bonds. The fraction of sp³-hybridized carbons (Fsp3) is 0.700. The van der Waals surface area contributed by atoms with Crippen LogP contribution in [-0.4, -0.2) is 22.6 Å². The average Bonchev–Trinajstić information content (AvgIpc) is 2.52. The summed E-state index contributed by atoms with van der Waals surface area (Å²) < 4.78 is 2.17. The van der Waals surface area contributed by atoms with Gasteiger partial charge in [0.25, 0.3) is 0 Å². The van der Waals surface area contributed by atoms with Crippen molar-refractivity contribution in [1.82, 2.24) is 14.9 Å². The summed E-state index contributed by atoms with van der Waals surface area (Å²) >= 11 is 0. The van der Waals surface area contributed by atoms with Crippen LogP contribution in [-0.2, 0) is 6.54 Å². The molecule has 1 aromatic heterocycles. The number of aromatic nitrogens is 2. The first kappa shape index (κ1) is 10.3. The molecule has 0 aliphatic heterocycles. The topological polar surface area (TPSA) is 29.9 Å². The van der Waals surface area contributed by atoms with Crippen molar-refractivity contribution in [3.63, 3.8) is 0 Å². The van der Waals surface area contributed by atoms with Crippen LogP contribution in [0.15, 0.2) is 12.4 Å². The Bertz CT molecular complexity index is 230. The maximum absolute atomic E-state index is 4.17. The van der Waals surface area contributed by atoms with E-state index in [1.165, 1.54) is 12.8 Å². The van der Waals surface area contributed by atoms with E-state index in [4.69, 9.17) is 0 Å². The molecule has 0 atom stereocenters. The molecule has 3 heteroatoms. The monoisotopic (exact) mass is 181 g/mol. The van der Waals surface area contributed by atoms with Crippen LogP contribution in [0.1, 0.15) is 25.6 Å². The average molecular weight is 181 g/mol. The molecule has 13 heavy (non-hydrogen) atoms. The molecule has 0 aliphatic carbocycles. The molecular weight excluding hydrogens is 162 g/mol. The van der Waals surface area contributed by atoms with Crippen LogP contribution in [0, 0.1) is 6.92 Å². The minimum absolute atomic E-state index is 1.02. The van der Waals surface area contributed by atoms with E-state index in [0.717, 1.165) is 25.5 Å². The zero-order valence-corrected chi connectivity index (χ0v) is 8.58. The zero-order chi connectivity index (χ0) is 9.52. The van der Waals surface area contributed by atoms with Gasteiger partial charge in [0.05, 0.1) is 0 Å². The number of unbranched alkanes of at least 4 members (excludes halogenated alkanes) is 1. The van der Waals surface area contributed by atoms with Gasteiger partial charge in [0.1, 0.15) is 5.82 Å². The van der Waals surface area contributed by atoms with Crippen LogP contribution in [0.4, 0.5) is 0 Å². The second kappa shape index (κ2) is 5.75. The smallest absolute Gasteiger partial charge is 0.105 e. The van der Waals surface area contributed by atoms with E-state index in [1.54, 1.807) is 0 Å². The van der Waals surface area contributed by atoms with Crippen LogP contribution in [0.2, 0.25) is 0 Å². The Balaban J connectivity index is 2.10. The van der Waals surface area contributed by atoms with Gasteiger partial charge in [-0.05, 0) is 19.9 Å². The highest BCUT2D eigenvalue weighted by Crippen LogP contribution is 1.93. The van der Waals surface area contributed by atoms with E-state index < -0.39 is 0 Å². The van der Waals surface area contributed by atoms with Crippen molar-refractivity contribution in [2.45, 2.75) is 33.2 Å². The first-order chi connectivity index (χ1) is 6.34. The SMILES string of the molecule is CCCCNCCn1ccnc1C. The van der Waals surface area contributed by atoms with Crippen molar-refractivity contribution < 1.29 is 0 Å². The van der Waals surface area contributed by atoms with E-state index in [-0.39, 0.29) is 0 Å². The molecular formula is C10H19N3. The largest absolute Gasteiger partial charge is 0.334 e. The van der Waals surface area contributed by atoms with E-state index in [0.29, 0.717) is 0 Å². The molecule has 0 saturated heterocycles. The van der Waals surface area contributed by atoms with Crippen molar-refractivity contribution in [1.29, 1.82) is 0 Å². The Morgan fingerprint density at radius 2 is 2.31 bits per heavy atom. The highest BCUT2D eigenvalue weighted by atomic mass is 15.1. The van der Waals surface area contributed by atoms with Gasteiger partial charge in [-0.25, -0.2) is 4.98 Å². The Morgan fingerprint density at radius 1 is 1.46 bits per heavy atom. The summed E-state index contributed by atoms with van der Waals surface area (Å²) in [4.78, 5) is 4.17. The minimum Gasteiger partial charge on any atom is -0.334 e. The Hall–Kier alpha value is -0.830. The predicted molar refractivity (Wildman–Crippen MR) is 54.7 cm³/mol. The number of rotatable bonds is 6. The highest BCUT2D eigenvalue weighted by Gasteiger charge is 1.94. The quantitative estimate of drug-likeness (QED) is 0.675. The summed E-state index contributed by atoms with van der Waals surface area (Å²) in [7, 11) is 0. The summed E-state index contributed by atoms with van der Waals surface area (Å²) in [6.45, 7) is 7.44. The van der Waals surface area contributed by atoms with Crippen molar-refractivity contribution in [2.75, 3.05) is 13.1 Å². The van der Waals surface area contributed by atoms with Crippen molar-refractivity contribution in [2.24, 2.45) is 0 Å². The molecule has 0 aliphatic rings. The maximum Gasteiger partial charge on any atom is 0.105 e. The minimum atomic E-state index is 1.02. The number of aryl methyl sites for hydroxylation is 1. The Kier molecular flexibility index (Phi) is 4.54. The lowest BCUT2D eigenvalue weighted by Gasteiger charge is -2.05. The van der Waals surface area contributed by atoms with Gasteiger partial charge in [-0.2, -0.15) is 0 Å². The van der Waals surface area contributed by atoms with Crippen LogP contribution >= 0.6 is 0 Å². The number of nitrogens with one attached hydrogen (secondary N) is 1. The van der Waals surface area contributed by atoms with Gasteiger partial charge in [-0.15, -0.1) is 0 Å². The predicted octanol–water partition coefficient (Wildman–Crippen LogP) is 1.58. The second-order valence-corrected chi connectivity index (χ2v) is 3.27. The Labute approximate surface area is 80.2 Å². The first-order valence-corrected chi connectivity index (χ1v) is 5.03. The molecule has 0 unspecified atom stereocenters. The summed E-state index contributed by atoms with van der Waals surface area (Å²) in [5.74, 6) is 1.09.